The second kappa shape index (κ2) is 2.78. The molecule has 1 aliphatic heterocycles. The summed E-state index contributed by atoms with van der Waals surface area (Å²) in [6.07, 6.45) is 2.46. The Kier molecular flexibility index (Phi) is 1.57. The monoisotopic (exact) mass is 244 g/mol. The lowest BCUT2D eigenvalue weighted by Gasteiger charge is -2.45. The van der Waals surface area contributed by atoms with Crippen molar-refractivity contribution in [2.24, 2.45) is 17.3 Å². The number of esters is 2. The highest BCUT2D eigenvalue weighted by molar-refractivity contribution is 5.95. The van der Waals surface area contributed by atoms with Crippen molar-refractivity contribution in [2.45, 2.75) is 25.6 Å². The third-order valence-corrected chi connectivity index (χ3v) is 4.84. The van der Waals surface area contributed by atoms with Crippen molar-refractivity contribution in [3.05, 3.63) is 29.5 Å². The van der Waals surface area contributed by atoms with Crippen LogP contribution < -0.4 is 0 Å². The van der Waals surface area contributed by atoms with Gasteiger partial charge < -0.3 is 9.47 Å². The third kappa shape index (κ3) is 0.874. The van der Waals surface area contributed by atoms with E-state index in [-0.39, 0.29) is 29.5 Å². The highest BCUT2D eigenvalue weighted by Crippen LogP contribution is 2.78. The molecule has 0 aromatic rings. The van der Waals surface area contributed by atoms with Gasteiger partial charge in [0.1, 0.15) is 12.2 Å². The molecule has 4 heteroatoms. The molecule has 0 amide bonds. The van der Waals surface area contributed by atoms with E-state index in [9.17, 15) is 9.59 Å². The zero-order valence-corrected chi connectivity index (χ0v) is 9.93. The van der Waals surface area contributed by atoms with Crippen molar-refractivity contribution < 1.29 is 19.1 Å². The summed E-state index contributed by atoms with van der Waals surface area (Å²) in [7, 11) is 0. The Labute approximate surface area is 104 Å². The van der Waals surface area contributed by atoms with E-state index >= 15 is 0 Å². The van der Waals surface area contributed by atoms with Crippen molar-refractivity contribution in [2.75, 3.05) is 0 Å². The number of ether oxygens (including phenoxy) is 2. The molecule has 0 aromatic carbocycles. The number of rotatable bonds is 2. The van der Waals surface area contributed by atoms with Gasteiger partial charge in [-0.25, -0.2) is 9.59 Å². The van der Waals surface area contributed by atoms with Gasteiger partial charge in [-0.2, -0.15) is 0 Å². The summed E-state index contributed by atoms with van der Waals surface area (Å²) in [5.74, 6) is -0.0794. The van der Waals surface area contributed by atoms with Crippen molar-refractivity contribution in [1.29, 1.82) is 0 Å². The minimum absolute atomic E-state index is 0.0245. The number of hydrogen-bond acceptors (Lipinski definition) is 4. The van der Waals surface area contributed by atoms with Crippen LogP contribution in [0.25, 0.3) is 0 Å². The Morgan fingerprint density at radius 1 is 1.67 bits per heavy atom. The van der Waals surface area contributed by atoms with Crippen LogP contribution in [-0.2, 0) is 19.1 Å². The Bertz CT molecular complexity index is 581. The molecule has 1 saturated heterocycles. The van der Waals surface area contributed by atoms with E-state index < -0.39 is 5.97 Å². The van der Waals surface area contributed by atoms with E-state index in [2.05, 4.69) is 12.3 Å². The van der Waals surface area contributed by atoms with Crippen molar-refractivity contribution in [1.82, 2.24) is 0 Å². The van der Waals surface area contributed by atoms with Crippen LogP contribution in [0.5, 0.6) is 0 Å². The minimum atomic E-state index is -0.412. The van der Waals surface area contributed by atoms with E-state index in [1.54, 1.807) is 6.92 Å². The fraction of sp³-hybridized carbons (Fsp3) is 0.500. The van der Waals surface area contributed by atoms with Gasteiger partial charge in [0, 0.05) is 16.9 Å². The lowest BCUT2D eigenvalue weighted by Crippen LogP contribution is -2.57. The van der Waals surface area contributed by atoms with Crippen LogP contribution in [0, 0.1) is 17.3 Å². The van der Waals surface area contributed by atoms with E-state index in [1.807, 2.05) is 6.08 Å². The Morgan fingerprint density at radius 2 is 2.44 bits per heavy atom. The maximum atomic E-state index is 11.8. The summed E-state index contributed by atoms with van der Waals surface area (Å²) < 4.78 is 10.8. The predicted molar refractivity (Wildman–Crippen MR) is 60.2 cm³/mol. The Morgan fingerprint density at radius 3 is 3.17 bits per heavy atom. The standard InChI is InChI=1S/C14H12O4/c1-3-6(2)12(15)18-11-10-9-8(13(16)17-10)4-7-5-14(7,9)11/h4,7,9-11H,1,5H2,2H3/t7?,9-,10?,11?,14?/m0/s1. The molecule has 0 aromatic heterocycles. The SMILES string of the molecule is C=C=C(C)C(=O)OC1C2OC(=O)C3=CC4CC41[C@@H]32. The molecular formula is C14H12O4. The van der Waals surface area contributed by atoms with Gasteiger partial charge in [0.2, 0.25) is 0 Å². The summed E-state index contributed by atoms with van der Waals surface area (Å²) >= 11 is 0. The molecule has 4 aliphatic rings. The zero-order valence-electron chi connectivity index (χ0n) is 9.93. The molecule has 4 nitrogen and oxygen atoms in total. The average Bonchev–Trinajstić information content (AvgIpc) is 2.91. The molecule has 0 bridgehead atoms. The normalized spacial score (nSPS) is 44.9. The second-order valence-corrected chi connectivity index (χ2v) is 5.52. The number of allylic oxidation sites excluding steroid dienone is 1. The molecule has 3 aliphatic carbocycles. The first-order valence-corrected chi connectivity index (χ1v) is 6.10. The first-order chi connectivity index (χ1) is 8.59. The molecular weight excluding hydrogens is 232 g/mol. The lowest BCUT2D eigenvalue weighted by atomic mass is 9.65. The highest BCUT2D eigenvalue weighted by atomic mass is 16.6. The van der Waals surface area contributed by atoms with Crippen LogP contribution in [0.3, 0.4) is 0 Å². The van der Waals surface area contributed by atoms with Crippen molar-refractivity contribution >= 4 is 11.9 Å². The van der Waals surface area contributed by atoms with Crippen molar-refractivity contribution in [3.63, 3.8) is 0 Å². The predicted octanol–water partition coefficient (Wildman–Crippen LogP) is 1.13. The molecule has 1 spiro atoms. The number of carbonyl (C=O) groups excluding carboxylic acids is 2. The van der Waals surface area contributed by atoms with E-state index in [1.165, 1.54) is 0 Å². The van der Waals surface area contributed by atoms with Gasteiger partial charge in [0.05, 0.1) is 5.57 Å². The molecule has 2 saturated carbocycles. The van der Waals surface area contributed by atoms with Crippen LogP contribution in [0.1, 0.15) is 13.3 Å². The molecule has 1 heterocycles. The van der Waals surface area contributed by atoms with Gasteiger partial charge in [-0.15, -0.1) is 5.73 Å². The average molecular weight is 244 g/mol. The highest BCUT2D eigenvalue weighted by Gasteiger charge is 2.83. The summed E-state index contributed by atoms with van der Waals surface area (Å²) in [5, 5.41) is 0. The second-order valence-electron chi connectivity index (χ2n) is 5.52. The van der Waals surface area contributed by atoms with Gasteiger partial charge >= 0.3 is 11.9 Å². The maximum Gasteiger partial charge on any atom is 0.341 e. The summed E-state index contributed by atoms with van der Waals surface area (Å²) in [6, 6.07) is 0. The number of carbonyl (C=O) groups is 2. The van der Waals surface area contributed by atoms with E-state index in [0.717, 1.165) is 12.0 Å². The van der Waals surface area contributed by atoms with Crippen molar-refractivity contribution in [3.8, 4) is 0 Å². The Hall–Kier alpha value is -1.80. The molecule has 0 N–H and O–H groups in total. The van der Waals surface area contributed by atoms with E-state index in [4.69, 9.17) is 9.47 Å². The van der Waals surface area contributed by atoms with Gasteiger partial charge in [-0.05, 0) is 19.3 Å². The smallest absolute Gasteiger partial charge is 0.341 e. The zero-order chi connectivity index (χ0) is 12.7. The first-order valence-electron chi connectivity index (χ1n) is 6.10. The van der Waals surface area contributed by atoms with Gasteiger partial charge in [-0.3, -0.25) is 0 Å². The van der Waals surface area contributed by atoms with E-state index in [0.29, 0.717) is 11.5 Å². The van der Waals surface area contributed by atoms with Crippen LogP contribution in [-0.4, -0.2) is 24.1 Å². The number of hydrogen-bond donors (Lipinski definition) is 0. The molecule has 3 fully saturated rings. The van der Waals surface area contributed by atoms with Crippen LogP contribution in [0.2, 0.25) is 0 Å². The fourth-order valence-corrected chi connectivity index (χ4v) is 3.82. The van der Waals surface area contributed by atoms with Gasteiger partial charge in [0.25, 0.3) is 0 Å². The summed E-state index contributed by atoms with van der Waals surface area (Å²) in [6.45, 7) is 5.05. The quantitative estimate of drug-likeness (QED) is 0.415. The minimum Gasteiger partial charge on any atom is -0.454 e. The molecule has 0 radical (unpaired) electrons. The maximum absolute atomic E-state index is 11.8. The lowest BCUT2D eigenvalue weighted by molar-refractivity contribution is -0.193. The van der Waals surface area contributed by atoms with Gasteiger partial charge in [0.15, 0.2) is 0 Å². The molecule has 5 atom stereocenters. The molecule has 4 rings (SSSR count). The largest absolute Gasteiger partial charge is 0.454 e. The third-order valence-electron chi connectivity index (χ3n) is 4.84. The Balaban J connectivity index is 1.62. The molecule has 92 valence electrons. The fourth-order valence-electron chi connectivity index (χ4n) is 3.82. The summed E-state index contributed by atoms with van der Waals surface area (Å²) in [4.78, 5) is 23.4. The summed E-state index contributed by atoms with van der Waals surface area (Å²) in [5.41, 5.74) is 3.67. The van der Waals surface area contributed by atoms with Crippen LogP contribution in [0.4, 0.5) is 0 Å². The molecule has 18 heavy (non-hydrogen) atoms. The van der Waals surface area contributed by atoms with Crippen LogP contribution in [0.15, 0.2) is 29.5 Å². The topological polar surface area (TPSA) is 52.6 Å². The van der Waals surface area contributed by atoms with Crippen LogP contribution >= 0.6 is 0 Å². The molecule has 4 unspecified atom stereocenters. The first kappa shape index (κ1) is 10.2. The van der Waals surface area contributed by atoms with Gasteiger partial charge in [-0.1, -0.05) is 12.7 Å².